The van der Waals surface area contributed by atoms with Gasteiger partial charge in [0.05, 0.1) is 36.2 Å². The average Bonchev–Trinajstić information content (AvgIpc) is 3.20. The van der Waals surface area contributed by atoms with E-state index < -0.39 is 11.7 Å². The van der Waals surface area contributed by atoms with Gasteiger partial charge in [-0.15, -0.1) is 0 Å². The van der Waals surface area contributed by atoms with Crippen molar-refractivity contribution < 1.29 is 9.21 Å². The highest BCUT2D eigenvalue weighted by molar-refractivity contribution is 5.77. The minimum atomic E-state index is -0.495. The second-order valence-corrected chi connectivity index (χ2v) is 6.38. The molecular weight excluding hydrogens is 344 g/mol. The van der Waals surface area contributed by atoms with E-state index >= 15 is 0 Å². The highest BCUT2D eigenvalue weighted by Crippen LogP contribution is 2.20. The number of rotatable bonds is 6. The Hall–Kier alpha value is -3.61. The van der Waals surface area contributed by atoms with Crippen molar-refractivity contribution >= 4 is 17.0 Å². The molecule has 27 heavy (non-hydrogen) atoms. The maximum atomic E-state index is 11.6. The van der Waals surface area contributed by atoms with Gasteiger partial charge in [-0.2, -0.15) is 0 Å². The van der Waals surface area contributed by atoms with Gasteiger partial charge in [0.2, 0.25) is 5.91 Å². The van der Waals surface area contributed by atoms with Gasteiger partial charge in [0.25, 0.3) is 0 Å². The zero-order valence-corrected chi connectivity index (χ0v) is 14.5. The van der Waals surface area contributed by atoms with E-state index in [9.17, 15) is 9.59 Å². The maximum Gasteiger partial charge on any atom is 0.417 e. The summed E-state index contributed by atoms with van der Waals surface area (Å²) in [5, 5.41) is 0. The van der Waals surface area contributed by atoms with Crippen LogP contribution < -0.4 is 11.5 Å². The quantitative estimate of drug-likeness (QED) is 0.547. The summed E-state index contributed by atoms with van der Waals surface area (Å²) in [7, 11) is 0. The molecule has 2 aromatic heterocycles. The molecule has 0 aliphatic rings. The number of amides is 1. The number of hydrogen-bond donors (Lipinski definition) is 2. The molecule has 2 aromatic carbocycles. The summed E-state index contributed by atoms with van der Waals surface area (Å²) >= 11 is 0. The van der Waals surface area contributed by atoms with Crippen molar-refractivity contribution in [3.05, 3.63) is 87.9 Å². The molecule has 0 aliphatic carbocycles. The largest absolute Gasteiger partial charge is 0.417 e. The number of nitrogens with one attached hydrogen (secondary N) is 1. The molecule has 0 bridgehead atoms. The number of nitrogens with two attached hydrogens (primary N) is 1. The Morgan fingerprint density at radius 3 is 2.74 bits per heavy atom. The summed E-state index contributed by atoms with van der Waals surface area (Å²) in [6, 6.07) is 15.4. The lowest BCUT2D eigenvalue weighted by atomic mass is 10.1. The molecule has 0 spiro atoms. The van der Waals surface area contributed by atoms with Crippen LogP contribution in [0.15, 0.2) is 64.1 Å². The number of fused-ring (bicyclic) bond motifs is 1. The van der Waals surface area contributed by atoms with Crippen molar-refractivity contribution in [1.29, 1.82) is 0 Å². The summed E-state index contributed by atoms with van der Waals surface area (Å²) in [5.74, 6) is -0.911. The molecule has 7 nitrogen and oxygen atoms in total. The van der Waals surface area contributed by atoms with Crippen molar-refractivity contribution in [2.45, 2.75) is 19.4 Å². The number of aromatic nitrogens is 3. The zero-order chi connectivity index (χ0) is 18.8. The van der Waals surface area contributed by atoms with Gasteiger partial charge in [-0.3, -0.25) is 9.78 Å². The first-order valence-electron chi connectivity index (χ1n) is 8.56. The predicted octanol–water partition coefficient (Wildman–Crippen LogP) is 1.98. The van der Waals surface area contributed by atoms with E-state index in [2.05, 4.69) is 9.97 Å². The smallest absolute Gasteiger partial charge is 0.408 e. The van der Waals surface area contributed by atoms with Gasteiger partial charge in [-0.05, 0) is 17.2 Å². The van der Waals surface area contributed by atoms with Crippen LogP contribution in [0.4, 0.5) is 0 Å². The average molecular weight is 362 g/mol. The van der Waals surface area contributed by atoms with E-state index in [0.717, 1.165) is 22.5 Å². The minimum Gasteiger partial charge on any atom is -0.408 e. The lowest BCUT2D eigenvalue weighted by Gasteiger charge is -2.10. The number of H-pyrrole nitrogens is 1. The van der Waals surface area contributed by atoms with Gasteiger partial charge in [0.1, 0.15) is 0 Å². The third-order valence-corrected chi connectivity index (χ3v) is 4.47. The number of carbonyl (C=O) groups is 1. The highest BCUT2D eigenvalue weighted by Gasteiger charge is 2.16. The number of imidazole rings is 1. The van der Waals surface area contributed by atoms with Crippen molar-refractivity contribution in [3.63, 3.8) is 0 Å². The summed E-state index contributed by atoms with van der Waals surface area (Å²) in [6.07, 6.45) is 2.41. The highest BCUT2D eigenvalue weighted by atomic mass is 16.4. The number of oxazole rings is 1. The Morgan fingerprint density at radius 1 is 1.15 bits per heavy atom. The molecule has 0 radical (unpaired) electrons. The molecule has 0 unspecified atom stereocenters. The Kier molecular flexibility index (Phi) is 4.33. The van der Waals surface area contributed by atoms with Crippen LogP contribution in [0.25, 0.3) is 11.1 Å². The molecular formula is C20H18N4O3. The third kappa shape index (κ3) is 3.52. The minimum absolute atomic E-state index is 0.0973. The van der Waals surface area contributed by atoms with Gasteiger partial charge in [0.15, 0.2) is 5.58 Å². The van der Waals surface area contributed by atoms with E-state index in [-0.39, 0.29) is 6.42 Å². The molecule has 4 rings (SSSR count). The second kappa shape index (κ2) is 6.95. The monoisotopic (exact) mass is 362 g/mol. The number of nitrogens with zero attached hydrogens (tertiary/aromatic N) is 2. The van der Waals surface area contributed by atoms with Crippen LogP contribution in [0.1, 0.15) is 22.5 Å². The fourth-order valence-corrected chi connectivity index (χ4v) is 3.24. The first-order chi connectivity index (χ1) is 13.1. The van der Waals surface area contributed by atoms with E-state index in [0.29, 0.717) is 24.1 Å². The molecule has 2 heterocycles. The summed E-state index contributed by atoms with van der Waals surface area (Å²) in [4.78, 5) is 30.3. The van der Waals surface area contributed by atoms with Gasteiger partial charge < -0.3 is 14.7 Å². The standard InChI is InChI=1S/C20H18N4O3/c21-18(25)10-16-15(9-13-5-2-1-3-6-13)22-12-24(16)11-14-7-4-8-17-19(14)23-20(26)27-17/h1-8,12H,9-11H2,(H2,21,25)(H,23,26). The molecule has 0 fully saturated rings. The van der Waals surface area contributed by atoms with E-state index in [1.807, 2.05) is 47.0 Å². The van der Waals surface area contributed by atoms with Crippen molar-refractivity contribution in [2.75, 3.05) is 0 Å². The van der Waals surface area contributed by atoms with Gasteiger partial charge in [-0.25, -0.2) is 9.78 Å². The molecule has 0 saturated carbocycles. The van der Waals surface area contributed by atoms with E-state index in [1.165, 1.54) is 0 Å². The molecule has 4 aromatic rings. The lowest BCUT2D eigenvalue weighted by Crippen LogP contribution is -2.18. The summed E-state index contributed by atoms with van der Waals surface area (Å²) in [5.41, 5.74) is 10.2. The van der Waals surface area contributed by atoms with Gasteiger partial charge >= 0.3 is 5.76 Å². The maximum absolute atomic E-state index is 11.6. The predicted molar refractivity (Wildman–Crippen MR) is 100 cm³/mol. The third-order valence-electron chi connectivity index (χ3n) is 4.47. The van der Waals surface area contributed by atoms with Crippen LogP contribution in [0.2, 0.25) is 0 Å². The van der Waals surface area contributed by atoms with E-state index in [1.54, 1.807) is 12.4 Å². The number of carbonyl (C=O) groups excluding carboxylic acids is 1. The van der Waals surface area contributed by atoms with Crippen LogP contribution in [0, 0.1) is 0 Å². The van der Waals surface area contributed by atoms with Crippen LogP contribution >= 0.6 is 0 Å². The topological polar surface area (TPSA) is 107 Å². The number of aromatic amines is 1. The Labute approximate surface area is 154 Å². The van der Waals surface area contributed by atoms with Crippen LogP contribution in [-0.4, -0.2) is 20.4 Å². The van der Waals surface area contributed by atoms with Gasteiger partial charge in [0, 0.05) is 6.42 Å². The first kappa shape index (κ1) is 16.8. The van der Waals surface area contributed by atoms with Crippen molar-refractivity contribution in [1.82, 2.24) is 14.5 Å². The van der Waals surface area contributed by atoms with E-state index in [4.69, 9.17) is 10.2 Å². The molecule has 0 saturated heterocycles. The lowest BCUT2D eigenvalue weighted by molar-refractivity contribution is -0.117. The molecule has 0 aliphatic heterocycles. The Bertz CT molecular complexity index is 1150. The van der Waals surface area contributed by atoms with Crippen molar-refractivity contribution in [2.24, 2.45) is 5.73 Å². The van der Waals surface area contributed by atoms with Gasteiger partial charge in [-0.1, -0.05) is 42.5 Å². The van der Waals surface area contributed by atoms with Crippen LogP contribution in [-0.2, 0) is 24.2 Å². The van der Waals surface area contributed by atoms with Crippen LogP contribution in [0.3, 0.4) is 0 Å². The number of primary amides is 1. The Morgan fingerprint density at radius 2 is 1.96 bits per heavy atom. The number of para-hydroxylation sites is 1. The summed E-state index contributed by atoms with van der Waals surface area (Å²) < 4.78 is 7.01. The Balaban J connectivity index is 1.71. The zero-order valence-electron chi connectivity index (χ0n) is 14.5. The fraction of sp³-hybridized carbons (Fsp3) is 0.150. The molecule has 3 N–H and O–H groups in total. The number of hydrogen-bond acceptors (Lipinski definition) is 4. The molecule has 7 heteroatoms. The fourth-order valence-electron chi connectivity index (χ4n) is 3.24. The normalized spacial score (nSPS) is 11.1. The molecule has 1 amide bonds. The first-order valence-corrected chi connectivity index (χ1v) is 8.56. The van der Waals surface area contributed by atoms with Crippen molar-refractivity contribution in [3.8, 4) is 0 Å². The molecule has 136 valence electrons. The second-order valence-electron chi connectivity index (χ2n) is 6.38. The molecule has 0 atom stereocenters. The number of benzene rings is 2. The SMILES string of the molecule is NC(=O)Cc1c(Cc2ccccc2)ncn1Cc1cccc2oc(=O)[nH]c12. The van der Waals surface area contributed by atoms with Crippen LogP contribution in [0.5, 0.6) is 0 Å². The summed E-state index contributed by atoms with van der Waals surface area (Å²) in [6.45, 7) is 0.442.